The lowest BCUT2D eigenvalue weighted by Gasteiger charge is -2.31. The van der Waals surface area contributed by atoms with Crippen LogP contribution in [0.4, 0.5) is 5.69 Å². The van der Waals surface area contributed by atoms with Crippen LogP contribution in [0.3, 0.4) is 0 Å². The van der Waals surface area contributed by atoms with Crippen molar-refractivity contribution in [3.05, 3.63) is 27.7 Å². The zero-order chi connectivity index (χ0) is 15.8. The molecular weight excluding hydrogens is 356 g/mol. The van der Waals surface area contributed by atoms with E-state index in [2.05, 4.69) is 21.2 Å². The molecule has 1 aliphatic heterocycles. The minimum atomic E-state index is -0.337. The molecule has 0 bridgehead atoms. The molecule has 0 spiro atoms. The van der Waals surface area contributed by atoms with Gasteiger partial charge in [-0.3, -0.25) is 9.59 Å². The number of anilines is 1. The molecule has 21 heavy (non-hydrogen) atoms. The summed E-state index contributed by atoms with van der Waals surface area (Å²) in [5, 5.41) is 3.27. The van der Waals surface area contributed by atoms with Crippen LogP contribution in [0.2, 0.25) is 5.02 Å². The molecule has 4 nitrogen and oxygen atoms in total. The zero-order valence-corrected chi connectivity index (χ0v) is 14.6. The highest BCUT2D eigenvalue weighted by Crippen LogP contribution is 2.29. The smallest absolute Gasteiger partial charge is 0.229 e. The Balaban J connectivity index is 2.07. The van der Waals surface area contributed by atoms with Crippen molar-refractivity contribution in [1.29, 1.82) is 0 Å². The average molecular weight is 374 g/mol. The largest absolute Gasteiger partial charge is 0.337 e. The van der Waals surface area contributed by atoms with E-state index in [4.69, 9.17) is 11.6 Å². The second-order valence-corrected chi connectivity index (χ2v) is 7.51. The monoisotopic (exact) mass is 372 g/mol. The van der Waals surface area contributed by atoms with Crippen molar-refractivity contribution in [2.75, 3.05) is 11.9 Å². The predicted molar refractivity (Wildman–Crippen MR) is 87.4 cm³/mol. The molecule has 1 saturated heterocycles. The molecule has 1 N–H and O–H groups in total. The van der Waals surface area contributed by atoms with Crippen molar-refractivity contribution in [3.8, 4) is 0 Å². The van der Waals surface area contributed by atoms with Gasteiger partial charge in [0.25, 0.3) is 0 Å². The van der Waals surface area contributed by atoms with Gasteiger partial charge in [0.15, 0.2) is 0 Å². The standard InChI is InChI=1S/C15H18BrClN2O2/c1-15(2,3)19-8-9(6-13(19)20)14(21)18-12-5-4-10(16)7-11(12)17/h4-5,7,9H,6,8H2,1-3H3,(H,18,21)/t9-/m1/s1. The molecule has 1 heterocycles. The van der Waals surface area contributed by atoms with E-state index < -0.39 is 0 Å². The highest BCUT2D eigenvalue weighted by molar-refractivity contribution is 9.10. The minimum absolute atomic E-state index is 0.0181. The van der Waals surface area contributed by atoms with Gasteiger partial charge in [-0.25, -0.2) is 0 Å². The van der Waals surface area contributed by atoms with Gasteiger partial charge in [0.2, 0.25) is 11.8 Å². The Morgan fingerprint density at radius 2 is 2.10 bits per heavy atom. The highest BCUT2D eigenvalue weighted by Gasteiger charge is 2.39. The van der Waals surface area contributed by atoms with E-state index >= 15 is 0 Å². The third kappa shape index (κ3) is 3.77. The molecule has 1 aromatic rings. The quantitative estimate of drug-likeness (QED) is 0.859. The van der Waals surface area contributed by atoms with Gasteiger partial charge in [-0.2, -0.15) is 0 Å². The van der Waals surface area contributed by atoms with Crippen molar-refractivity contribution in [1.82, 2.24) is 4.90 Å². The van der Waals surface area contributed by atoms with Crippen molar-refractivity contribution in [2.24, 2.45) is 5.92 Å². The number of likely N-dealkylation sites (tertiary alicyclic amines) is 1. The van der Waals surface area contributed by atoms with Crippen molar-refractivity contribution >= 4 is 45.0 Å². The fraction of sp³-hybridized carbons (Fsp3) is 0.467. The van der Waals surface area contributed by atoms with Gasteiger partial charge in [0, 0.05) is 23.0 Å². The maximum atomic E-state index is 12.3. The van der Waals surface area contributed by atoms with Crippen molar-refractivity contribution in [2.45, 2.75) is 32.7 Å². The van der Waals surface area contributed by atoms with Crippen molar-refractivity contribution in [3.63, 3.8) is 0 Å². The van der Waals surface area contributed by atoms with E-state index in [1.54, 1.807) is 17.0 Å². The molecule has 1 aliphatic rings. The third-order valence-corrected chi connectivity index (χ3v) is 4.30. The second kappa shape index (κ2) is 5.97. The van der Waals surface area contributed by atoms with Gasteiger partial charge in [-0.1, -0.05) is 27.5 Å². The lowest BCUT2D eigenvalue weighted by atomic mass is 10.1. The van der Waals surface area contributed by atoms with Gasteiger partial charge in [0.05, 0.1) is 16.6 Å². The summed E-state index contributed by atoms with van der Waals surface area (Å²) < 4.78 is 0.848. The van der Waals surface area contributed by atoms with E-state index in [9.17, 15) is 9.59 Å². The van der Waals surface area contributed by atoms with Crippen LogP contribution in [0.1, 0.15) is 27.2 Å². The molecule has 2 rings (SSSR count). The molecule has 1 fully saturated rings. The Bertz CT molecular complexity index is 584. The highest BCUT2D eigenvalue weighted by atomic mass is 79.9. The predicted octanol–water partition coefficient (Wildman–Crippen LogP) is 3.69. The number of hydrogen-bond donors (Lipinski definition) is 1. The van der Waals surface area contributed by atoms with Gasteiger partial charge >= 0.3 is 0 Å². The van der Waals surface area contributed by atoms with Crippen LogP contribution in [-0.2, 0) is 9.59 Å². The Kier molecular flexibility index (Phi) is 4.63. The zero-order valence-electron chi connectivity index (χ0n) is 12.2. The van der Waals surface area contributed by atoms with Gasteiger partial charge in [-0.15, -0.1) is 0 Å². The lowest BCUT2D eigenvalue weighted by molar-refractivity contribution is -0.131. The lowest BCUT2D eigenvalue weighted by Crippen LogP contribution is -2.42. The van der Waals surface area contributed by atoms with Gasteiger partial charge < -0.3 is 10.2 Å². The minimum Gasteiger partial charge on any atom is -0.337 e. The molecule has 1 aromatic carbocycles. The summed E-state index contributed by atoms with van der Waals surface area (Å²) in [6.07, 6.45) is 0.247. The van der Waals surface area contributed by atoms with Crippen LogP contribution in [0, 0.1) is 5.92 Å². The van der Waals surface area contributed by atoms with E-state index in [-0.39, 0.29) is 29.7 Å². The van der Waals surface area contributed by atoms with Crippen LogP contribution in [0.25, 0.3) is 0 Å². The molecule has 0 aromatic heterocycles. The maximum Gasteiger partial charge on any atom is 0.229 e. The van der Waals surface area contributed by atoms with Crippen LogP contribution in [0.15, 0.2) is 22.7 Å². The Morgan fingerprint density at radius 1 is 1.43 bits per heavy atom. The van der Waals surface area contributed by atoms with Gasteiger partial charge in [0.1, 0.15) is 0 Å². The fourth-order valence-electron chi connectivity index (χ4n) is 2.36. The number of hydrogen-bond acceptors (Lipinski definition) is 2. The first-order valence-corrected chi connectivity index (χ1v) is 7.92. The normalized spacial score (nSPS) is 19.0. The molecule has 0 unspecified atom stereocenters. The van der Waals surface area contributed by atoms with E-state index in [0.29, 0.717) is 17.3 Å². The first-order valence-electron chi connectivity index (χ1n) is 6.75. The number of benzene rings is 1. The van der Waals surface area contributed by atoms with E-state index in [1.807, 2.05) is 26.8 Å². The number of rotatable bonds is 2. The number of carbonyl (C=O) groups excluding carboxylic acids is 2. The number of nitrogens with zero attached hydrogens (tertiary/aromatic N) is 1. The summed E-state index contributed by atoms with van der Waals surface area (Å²) in [7, 11) is 0. The van der Waals surface area contributed by atoms with E-state index in [1.165, 1.54) is 0 Å². The topological polar surface area (TPSA) is 49.4 Å². The Morgan fingerprint density at radius 3 is 2.62 bits per heavy atom. The van der Waals surface area contributed by atoms with Crippen LogP contribution in [-0.4, -0.2) is 28.8 Å². The van der Waals surface area contributed by atoms with E-state index in [0.717, 1.165) is 4.47 Å². The Labute approximate surface area is 138 Å². The number of carbonyl (C=O) groups is 2. The SMILES string of the molecule is CC(C)(C)N1C[C@H](C(=O)Nc2ccc(Br)cc2Cl)CC1=O. The maximum absolute atomic E-state index is 12.3. The molecule has 0 radical (unpaired) electrons. The first kappa shape index (κ1) is 16.3. The number of halogens is 2. The molecule has 6 heteroatoms. The molecule has 0 aliphatic carbocycles. The molecule has 2 amide bonds. The van der Waals surface area contributed by atoms with Gasteiger partial charge in [-0.05, 0) is 39.0 Å². The second-order valence-electron chi connectivity index (χ2n) is 6.19. The molecule has 1 atom stereocenters. The summed E-state index contributed by atoms with van der Waals surface area (Å²) in [6, 6.07) is 5.27. The molecule has 0 saturated carbocycles. The number of nitrogens with one attached hydrogen (secondary N) is 1. The fourth-order valence-corrected chi connectivity index (χ4v) is 3.08. The number of amides is 2. The Hall–Kier alpha value is -1.07. The van der Waals surface area contributed by atoms with Crippen LogP contribution < -0.4 is 5.32 Å². The summed E-state index contributed by atoms with van der Waals surface area (Å²) in [5.74, 6) is -0.486. The van der Waals surface area contributed by atoms with Crippen molar-refractivity contribution < 1.29 is 9.59 Å². The molecule has 114 valence electrons. The third-order valence-electron chi connectivity index (χ3n) is 3.49. The van der Waals surface area contributed by atoms with Crippen LogP contribution in [0.5, 0.6) is 0 Å². The van der Waals surface area contributed by atoms with Crippen LogP contribution >= 0.6 is 27.5 Å². The average Bonchev–Trinajstić information content (AvgIpc) is 2.75. The summed E-state index contributed by atoms with van der Waals surface area (Å²) >= 11 is 9.41. The summed E-state index contributed by atoms with van der Waals surface area (Å²) in [6.45, 7) is 6.35. The first-order chi connectivity index (χ1) is 9.68. The molecular formula is C15H18BrClN2O2. The summed E-state index contributed by atoms with van der Waals surface area (Å²) in [5.41, 5.74) is 0.299. The summed E-state index contributed by atoms with van der Waals surface area (Å²) in [4.78, 5) is 26.1.